The molecule has 1 amide bonds. The fourth-order valence-electron chi connectivity index (χ4n) is 2.85. The van der Waals surface area contributed by atoms with Crippen LogP contribution in [0.1, 0.15) is 29.8 Å². The van der Waals surface area contributed by atoms with E-state index in [1.165, 1.54) is 13.1 Å². The number of para-hydroxylation sites is 1. The summed E-state index contributed by atoms with van der Waals surface area (Å²) in [6.07, 6.45) is 1.54. The van der Waals surface area contributed by atoms with E-state index in [1.807, 2.05) is 48.5 Å². The van der Waals surface area contributed by atoms with E-state index < -0.39 is 5.97 Å². The molecule has 0 unspecified atom stereocenters. The van der Waals surface area contributed by atoms with E-state index in [0.717, 1.165) is 22.2 Å². The van der Waals surface area contributed by atoms with Crippen LogP contribution >= 0.6 is 0 Å². The van der Waals surface area contributed by atoms with Crippen molar-refractivity contribution in [1.29, 1.82) is 0 Å². The van der Waals surface area contributed by atoms with Crippen LogP contribution in [-0.2, 0) is 16.1 Å². The molecule has 0 spiro atoms. The van der Waals surface area contributed by atoms with Crippen LogP contribution in [0.15, 0.2) is 54.7 Å². The number of esters is 1. The van der Waals surface area contributed by atoms with Crippen molar-refractivity contribution >= 4 is 34.2 Å². The lowest BCUT2D eigenvalue weighted by Gasteiger charge is -2.14. The molecule has 6 heteroatoms. The van der Waals surface area contributed by atoms with Crippen LogP contribution in [0.5, 0.6) is 0 Å². The van der Waals surface area contributed by atoms with Gasteiger partial charge in [-0.25, -0.2) is 4.79 Å². The van der Waals surface area contributed by atoms with E-state index in [0.29, 0.717) is 24.4 Å². The van der Waals surface area contributed by atoms with E-state index in [1.54, 1.807) is 6.92 Å². The predicted octanol–water partition coefficient (Wildman–Crippen LogP) is 3.98. The number of pyridine rings is 1. The molecule has 1 heterocycles. The van der Waals surface area contributed by atoms with Crippen molar-refractivity contribution in [2.45, 2.75) is 20.4 Å². The minimum atomic E-state index is -0.412. The first-order valence-corrected chi connectivity index (χ1v) is 8.73. The molecular formula is C21H21N3O3. The molecule has 6 nitrogen and oxygen atoms in total. The lowest BCUT2D eigenvalue weighted by Crippen LogP contribution is -2.11. The molecule has 0 aliphatic rings. The first kappa shape index (κ1) is 18.4. The number of nitrogens with zero attached hydrogens (tertiary/aromatic N) is 1. The molecule has 138 valence electrons. The second kappa shape index (κ2) is 8.31. The van der Waals surface area contributed by atoms with Crippen molar-refractivity contribution in [3.63, 3.8) is 0 Å². The lowest BCUT2D eigenvalue weighted by molar-refractivity contribution is -0.114. The number of hydrogen-bond donors (Lipinski definition) is 2. The number of carbonyl (C=O) groups excluding carboxylic acids is 2. The van der Waals surface area contributed by atoms with Gasteiger partial charge in [0.2, 0.25) is 5.91 Å². The maximum atomic E-state index is 12.3. The van der Waals surface area contributed by atoms with E-state index in [-0.39, 0.29) is 5.91 Å². The average Bonchev–Trinajstić information content (AvgIpc) is 2.66. The highest BCUT2D eigenvalue weighted by atomic mass is 16.5. The number of anilines is 2. The highest BCUT2D eigenvalue weighted by Gasteiger charge is 2.16. The largest absolute Gasteiger partial charge is 0.462 e. The van der Waals surface area contributed by atoms with Crippen LogP contribution in [-0.4, -0.2) is 23.5 Å². The van der Waals surface area contributed by atoms with Gasteiger partial charge in [-0.3, -0.25) is 9.78 Å². The van der Waals surface area contributed by atoms with Crippen molar-refractivity contribution in [3.8, 4) is 0 Å². The van der Waals surface area contributed by atoms with Crippen molar-refractivity contribution in [2.24, 2.45) is 0 Å². The second-order valence-electron chi connectivity index (χ2n) is 6.02. The van der Waals surface area contributed by atoms with E-state index in [2.05, 4.69) is 15.6 Å². The maximum absolute atomic E-state index is 12.3. The Balaban J connectivity index is 1.92. The molecule has 0 saturated heterocycles. The Morgan fingerprint density at radius 1 is 1.11 bits per heavy atom. The number of ether oxygens (including phenoxy) is 1. The maximum Gasteiger partial charge on any atom is 0.341 e. The van der Waals surface area contributed by atoms with Gasteiger partial charge in [-0.2, -0.15) is 0 Å². The van der Waals surface area contributed by atoms with Crippen LogP contribution < -0.4 is 10.6 Å². The summed E-state index contributed by atoms with van der Waals surface area (Å²) < 4.78 is 5.17. The summed E-state index contributed by atoms with van der Waals surface area (Å²) in [5, 5.41) is 6.96. The first-order valence-electron chi connectivity index (χ1n) is 8.73. The number of carbonyl (C=O) groups is 2. The van der Waals surface area contributed by atoms with Gasteiger partial charge in [-0.1, -0.05) is 30.3 Å². The van der Waals surface area contributed by atoms with Gasteiger partial charge in [0.15, 0.2) is 0 Å². The zero-order chi connectivity index (χ0) is 19.2. The zero-order valence-electron chi connectivity index (χ0n) is 15.3. The highest BCUT2D eigenvalue weighted by Crippen LogP contribution is 2.27. The van der Waals surface area contributed by atoms with E-state index >= 15 is 0 Å². The van der Waals surface area contributed by atoms with Crippen LogP contribution in [0.4, 0.5) is 11.4 Å². The molecule has 2 N–H and O–H groups in total. The third-order valence-corrected chi connectivity index (χ3v) is 3.99. The van der Waals surface area contributed by atoms with Gasteiger partial charge in [0.25, 0.3) is 0 Å². The summed E-state index contributed by atoms with van der Waals surface area (Å²) >= 11 is 0. The zero-order valence-corrected chi connectivity index (χ0v) is 15.3. The molecule has 2 aromatic carbocycles. The smallest absolute Gasteiger partial charge is 0.341 e. The topological polar surface area (TPSA) is 80.3 Å². The highest BCUT2D eigenvalue weighted by molar-refractivity contribution is 6.04. The van der Waals surface area contributed by atoms with Gasteiger partial charge in [0.05, 0.1) is 17.8 Å². The molecule has 0 bridgehead atoms. The normalized spacial score (nSPS) is 10.4. The molecule has 0 aliphatic carbocycles. The van der Waals surface area contributed by atoms with Gasteiger partial charge >= 0.3 is 5.97 Å². The van der Waals surface area contributed by atoms with Gasteiger partial charge in [0.1, 0.15) is 5.56 Å². The Kier molecular flexibility index (Phi) is 5.66. The summed E-state index contributed by atoms with van der Waals surface area (Å²) in [6.45, 7) is 4.02. The van der Waals surface area contributed by atoms with E-state index in [9.17, 15) is 9.59 Å². The first-order chi connectivity index (χ1) is 13.1. The Morgan fingerprint density at radius 2 is 1.93 bits per heavy atom. The molecular weight excluding hydrogens is 342 g/mol. The standard InChI is InChI=1S/C21H21N3O3/c1-3-27-21(26)18-13-22-19-10-5-4-9-17(19)20(18)23-12-15-7-6-8-16(11-15)24-14(2)25/h4-11,13H,3,12H2,1-2H3,(H,22,23)(H,24,25). The quantitative estimate of drug-likeness (QED) is 0.648. The second-order valence-corrected chi connectivity index (χ2v) is 6.02. The Bertz CT molecular complexity index is 985. The minimum absolute atomic E-state index is 0.121. The van der Waals surface area contributed by atoms with Crippen LogP contribution in [0, 0.1) is 0 Å². The third-order valence-electron chi connectivity index (χ3n) is 3.99. The van der Waals surface area contributed by atoms with Crippen molar-refractivity contribution in [2.75, 3.05) is 17.2 Å². The number of amides is 1. The molecule has 0 atom stereocenters. The summed E-state index contributed by atoms with van der Waals surface area (Å²) in [5.41, 5.74) is 3.57. The molecule has 27 heavy (non-hydrogen) atoms. The average molecular weight is 363 g/mol. The summed E-state index contributed by atoms with van der Waals surface area (Å²) in [7, 11) is 0. The fourth-order valence-corrected chi connectivity index (χ4v) is 2.85. The molecule has 1 aromatic heterocycles. The van der Waals surface area contributed by atoms with Crippen LogP contribution in [0.2, 0.25) is 0 Å². The number of fused-ring (bicyclic) bond motifs is 1. The fraction of sp³-hybridized carbons (Fsp3) is 0.190. The Morgan fingerprint density at radius 3 is 2.70 bits per heavy atom. The molecule has 0 radical (unpaired) electrons. The number of aromatic nitrogens is 1. The SMILES string of the molecule is CCOC(=O)c1cnc2ccccc2c1NCc1cccc(NC(C)=O)c1. The van der Waals surface area contributed by atoms with Crippen LogP contribution in [0.3, 0.4) is 0 Å². The molecule has 0 fully saturated rings. The van der Waals surface area contributed by atoms with Crippen molar-refractivity contribution in [3.05, 3.63) is 65.9 Å². The Labute approximate surface area is 157 Å². The van der Waals surface area contributed by atoms with Crippen molar-refractivity contribution < 1.29 is 14.3 Å². The molecule has 0 aliphatic heterocycles. The number of nitrogens with one attached hydrogen (secondary N) is 2. The van der Waals surface area contributed by atoms with Gasteiger partial charge in [-0.15, -0.1) is 0 Å². The summed E-state index contributed by atoms with van der Waals surface area (Å²) in [6, 6.07) is 15.2. The van der Waals surface area contributed by atoms with E-state index in [4.69, 9.17) is 4.74 Å². The van der Waals surface area contributed by atoms with Gasteiger partial charge in [0, 0.05) is 30.7 Å². The molecule has 3 aromatic rings. The monoisotopic (exact) mass is 363 g/mol. The molecule has 0 saturated carbocycles. The number of benzene rings is 2. The number of rotatable bonds is 6. The lowest BCUT2D eigenvalue weighted by atomic mass is 10.1. The third kappa shape index (κ3) is 4.41. The number of hydrogen-bond acceptors (Lipinski definition) is 5. The van der Waals surface area contributed by atoms with Gasteiger partial charge in [-0.05, 0) is 30.7 Å². The Hall–Kier alpha value is -3.41. The predicted molar refractivity (Wildman–Crippen MR) is 106 cm³/mol. The molecule has 3 rings (SSSR count). The van der Waals surface area contributed by atoms with Gasteiger partial charge < -0.3 is 15.4 Å². The summed E-state index contributed by atoms with van der Waals surface area (Å²) in [4.78, 5) is 28.0. The van der Waals surface area contributed by atoms with Crippen molar-refractivity contribution in [1.82, 2.24) is 4.98 Å². The van der Waals surface area contributed by atoms with Crippen LogP contribution in [0.25, 0.3) is 10.9 Å². The minimum Gasteiger partial charge on any atom is -0.462 e. The summed E-state index contributed by atoms with van der Waals surface area (Å²) in [5.74, 6) is -0.532.